The van der Waals surface area contributed by atoms with Crippen LogP contribution in [0, 0.1) is 0 Å². The summed E-state index contributed by atoms with van der Waals surface area (Å²) in [5.41, 5.74) is 8.16. The molecule has 0 saturated carbocycles. The number of rotatable bonds is 1. The van der Waals surface area contributed by atoms with Gasteiger partial charge in [-0.05, 0) is 22.4 Å². The average molecular weight is 230 g/mol. The molecule has 0 bridgehead atoms. The fourth-order valence-electron chi connectivity index (χ4n) is 2.05. The van der Waals surface area contributed by atoms with Crippen molar-refractivity contribution in [2.45, 2.75) is 32.7 Å². The molecule has 90 valence electrons. The molecule has 3 N–H and O–H groups in total. The van der Waals surface area contributed by atoms with Crippen LogP contribution in [0.25, 0.3) is 10.9 Å². The third-order valence-electron chi connectivity index (χ3n) is 2.98. The lowest BCUT2D eigenvalue weighted by atomic mass is 9.85. The van der Waals surface area contributed by atoms with E-state index in [1.807, 2.05) is 18.2 Å². The smallest absolute Gasteiger partial charge is 0.252 e. The number of aromatic amines is 1. The number of para-hydroxylation sites is 1. The summed E-state index contributed by atoms with van der Waals surface area (Å²) in [5, 5.41) is 1.04. The van der Waals surface area contributed by atoms with Gasteiger partial charge in [-0.25, -0.2) is 0 Å². The molecular formula is C14H18N2O. The first-order valence-corrected chi connectivity index (χ1v) is 5.79. The summed E-state index contributed by atoms with van der Waals surface area (Å²) in [6.45, 7) is 6.68. The van der Waals surface area contributed by atoms with Crippen LogP contribution in [0.2, 0.25) is 0 Å². The Bertz CT molecular complexity index is 606. The standard InChI is InChI=1S/C14H18N2O/c1-14(2,3)11-6-4-5-9-7-10(8-15)13(17)16-12(9)11/h4-7H,8,15H2,1-3H3,(H,16,17). The van der Waals surface area contributed by atoms with Crippen molar-refractivity contribution in [3.63, 3.8) is 0 Å². The van der Waals surface area contributed by atoms with Crippen molar-refractivity contribution in [2.75, 3.05) is 0 Å². The van der Waals surface area contributed by atoms with Crippen molar-refractivity contribution in [3.8, 4) is 0 Å². The molecule has 0 spiro atoms. The maximum absolute atomic E-state index is 11.8. The zero-order valence-electron chi connectivity index (χ0n) is 10.5. The van der Waals surface area contributed by atoms with E-state index in [0.29, 0.717) is 5.56 Å². The molecule has 0 aliphatic carbocycles. The van der Waals surface area contributed by atoms with Gasteiger partial charge in [0.15, 0.2) is 0 Å². The van der Waals surface area contributed by atoms with Crippen LogP contribution in [-0.2, 0) is 12.0 Å². The van der Waals surface area contributed by atoms with E-state index in [1.165, 1.54) is 0 Å². The molecule has 3 heteroatoms. The second-order valence-corrected chi connectivity index (χ2v) is 5.35. The normalized spacial score (nSPS) is 12.0. The van der Waals surface area contributed by atoms with Gasteiger partial charge in [-0.15, -0.1) is 0 Å². The number of nitrogens with one attached hydrogen (secondary N) is 1. The molecule has 3 nitrogen and oxygen atoms in total. The summed E-state index contributed by atoms with van der Waals surface area (Å²) >= 11 is 0. The Hall–Kier alpha value is -1.61. The van der Waals surface area contributed by atoms with Gasteiger partial charge in [0.25, 0.3) is 5.56 Å². The zero-order valence-corrected chi connectivity index (χ0v) is 10.5. The monoisotopic (exact) mass is 230 g/mol. The number of H-pyrrole nitrogens is 1. The molecule has 0 saturated heterocycles. The Balaban J connectivity index is 2.82. The molecule has 2 rings (SSSR count). The maximum atomic E-state index is 11.8. The number of benzene rings is 1. The van der Waals surface area contributed by atoms with Crippen LogP contribution < -0.4 is 11.3 Å². The van der Waals surface area contributed by atoms with E-state index in [1.54, 1.807) is 0 Å². The lowest BCUT2D eigenvalue weighted by Gasteiger charge is -2.21. The van der Waals surface area contributed by atoms with Crippen LogP contribution in [0.4, 0.5) is 0 Å². The lowest BCUT2D eigenvalue weighted by molar-refractivity contribution is 0.594. The highest BCUT2D eigenvalue weighted by molar-refractivity contribution is 5.83. The van der Waals surface area contributed by atoms with Crippen LogP contribution >= 0.6 is 0 Å². The average Bonchev–Trinajstić information content (AvgIpc) is 2.26. The minimum absolute atomic E-state index is 0.00663. The van der Waals surface area contributed by atoms with Crippen molar-refractivity contribution in [3.05, 3.63) is 45.7 Å². The quantitative estimate of drug-likeness (QED) is 0.789. The first-order valence-electron chi connectivity index (χ1n) is 5.79. The number of pyridine rings is 1. The van der Waals surface area contributed by atoms with E-state index in [0.717, 1.165) is 16.5 Å². The Labute approximate surface area is 101 Å². The summed E-state index contributed by atoms with van der Waals surface area (Å²) < 4.78 is 0. The van der Waals surface area contributed by atoms with Gasteiger partial charge < -0.3 is 10.7 Å². The van der Waals surface area contributed by atoms with Crippen molar-refractivity contribution >= 4 is 10.9 Å². The summed E-state index contributed by atoms with van der Waals surface area (Å²) in [6, 6.07) is 7.95. The fourth-order valence-corrected chi connectivity index (χ4v) is 2.05. The van der Waals surface area contributed by atoms with Crippen molar-refractivity contribution in [1.29, 1.82) is 0 Å². The molecule has 1 aromatic heterocycles. The Kier molecular flexibility index (Phi) is 2.79. The van der Waals surface area contributed by atoms with E-state index < -0.39 is 0 Å². The van der Waals surface area contributed by atoms with Gasteiger partial charge in [-0.3, -0.25) is 4.79 Å². The minimum atomic E-state index is -0.0864. The first-order chi connectivity index (χ1) is 7.93. The van der Waals surface area contributed by atoms with E-state index in [2.05, 4.69) is 31.8 Å². The second-order valence-electron chi connectivity index (χ2n) is 5.35. The fraction of sp³-hybridized carbons (Fsp3) is 0.357. The van der Waals surface area contributed by atoms with Crippen LogP contribution in [0.5, 0.6) is 0 Å². The number of aromatic nitrogens is 1. The molecule has 0 aliphatic heterocycles. The van der Waals surface area contributed by atoms with Crippen LogP contribution in [0.1, 0.15) is 31.9 Å². The van der Waals surface area contributed by atoms with E-state index in [9.17, 15) is 4.79 Å². The third-order valence-corrected chi connectivity index (χ3v) is 2.98. The van der Waals surface area contributed by atoms with Gasteiger partial charge in [0.1, 0.15) is 0 Å². The number of hydrogen-bond acceptors (Lipinski definition) is 2. The largest absolute Gasteiger partial charge is 0.326 e. The maximum Gasteiger partial charge on any atom is 0.252 e. The molecule has 0 unspecified atom stereocenters. The number of hydrogen-bond donors (Lipinski definition) is 2. The molecule has 0 fully saturated rings. The van der Waals surface area contributed by atoms with Gasteiger partial charge in [0, 0.05) is 12.1 Å². The molecule has 0 aliphatic rings. The second kappa shape index (κ2) is 4.00. The highest BCUT2D eigenvalue weighted by Gasteiger charge is 2.17. The summed E-state index contributed by atoms with van der Waals surface area (Å²) in [5.74, 6) is 0. The zero-order chi connectivity index (χ0) is 12.6. The molecule has 1 aromatic carbocycles. The lowest BCUT2D eigenvalue weighted by Crippen LogP contribution is -2.18. The topological polar surface area (TPSA) is 58.9 Å². The Morgan fingerprint density at radius 1 is 1.29 bits per heavy atom. The first kappa shape index (κ1) is 11.9. The van der Waals surface area contributed by atoms with Gasteiger partial charge in [0.2, 0.25) is 0 Å². The number of fused-ring (bicyclic) bond motifs is 1. The van der Waals surface area contributed by atoms with Crippen LogP contribution in [0.15, 0.2) is 29.1 Å². The molecule has 2 aromatic rings. The third kappa shape index (κ3) is 2.11. The van der Waals surface area contributed by atoms with E-state index >= 15 is 0 Å². The molecule has 0 atom stereocenters. The van der Waals surface area contributed by atoms with Crippen LogP contribution in [-0.4, -0.2) is 4.98 Å². The minimum Gasteiger partial charge on any atom is -0.326 e. The van der Waals surface area contributed by atoms with Crippen molar-refractivity contribution in [2.24, 2.45) is 5.73 Å². The van der Waals surface area contributed by atoms with Crippen molar-refractivity contribution < 1.29 is 0 Å². The predicted octanol–water partition coefficient (Wildman–Crippen LogP) is 2.28. The number of nitrogens with two attached hydrogens (primary N) is 1. The van der Waals surface area contributed by atoms with Gasteiger partial charge in [-0.2, -0.15) is 0 Å². The Morgan fingerprint density at radius 2 is 2.00 bits per heavy atom. The molecule has 0 radical (unpaired) electrons. The van der Waals surface area contributed by atoms with Gasteiger partial charge >= 0.3 is 0 Å². The van der Waals surface area contributed by atoms with Gasteiger partial charge in [-0.1, -0.05) is 39.0 Å². The molecule has 17 heavy (non-hydrogen) atoms. The van der Waals surface area contributed by atoms with E-state index in [-0.39, 0.29) is 17.5 Å². The summed E-state index contributed by atoms with van der Waals surface area (Å²) in [4.78, 5) is 14.8. The highest BCUT2D eigenvalue weighted by Crippen LogP contribution is 2.28. The SMILES string of the molecule is CC(C)(C)c1cccc2cc(CN)c(=O)[nH]c12. The van der Waals surface area contributed by atoms with Gasteiger partial charge in [0.05, 0.1) is 5.52 Å². The summed E-state index contributed by atoms with van der Waals surface area (Å²) in [7, 11) is 0. The molecule has 1 heterocycles. The molecular weight excluding hydrogens is 212 g/mol. The Morgan fingerprint density at radius 3 is 2.59 bits per heavy atom. The van der Waals surface area contributed by atoms with Crippen LogP contribution in [0.3, 0.4) is 0 Å². The highest BCUT2D eigenvalue weighted by atomic mass is 16.1. The van der Waals surface area contributed by atoms with E-state index in [4.69, 9.17) is 5.73 Å². The predicted molar refractivity (Wildman–Crippen MR) is 71.2 cm³/mol. The van der Waals surface area contributed by atoms with Crippen molar-refractivity contribution in [1.82, 2.24) is 4.98 Å². The molecule has 0 amide bonds. The summed E-state index contributed by atoms with van der Waals surface area (Å²) in [6.07, 6.45) is 0.